The van der Waals surface area contributed by atoms with Crippen LogP contribution in [0.15, 0.2) is 12.1 Å². The summed E-state index contributed by atoms with van der Waals surface area (Å²) in [6, 6.07) is 0. The van der Waals surface area contributed by atoms with Gasteiger partial charge in [-0.15, -0.1) is 0 Å². The van der Waals surface area contributed by atoms with Gasteiger partial charge < -0.3 is 4.74 Å². The summed E-state index contributed by atoms with van der Waals surface area (Å²) in [5.41, 5.74) is 0.330. The Balaban J connectivity index is 3.74. The first-order chi connectivity index (χ1) is 4.22. The van der Waals surface area contributed by atoms with Gasteiger partial charge in [0.05, 0.1) is 7.98 Å². The van der Waals surface area contributed by atoms with Crippen molar-refractivity contribution in [3.05, 3.63) is 12.1 Å². The molecule has 0 amide bonds. The fraction of sp³-hybridized carbons (Fsp3) is 0.500. The molecule has 8 heavy (non-hydrogen) atoms. The standard InChI is InChI=1S/C6H10O2/c1-4-8-6(7)5(2)3/h2,4H2,1,3H3/i2D. The highest BCUT2D eigenvalue weighted by atomic mass is 16.5. The molecule has 0 N–H and O–H groups in total. The number of hydrogen-bond donors (Lipinski definition) is 0. The van der Waals surface area contributed by atoms with Crippen LogP contribution >= 0.6 is 0 Å². The molecular formula is C6H10O2. The first-order valence-corrected chi connectivity index (χ1v) is 2.44. The Morgan fingerprint density at radius 3 is 3.00 bits per heavy atom. The van der Waals surface area contributed by atoms with Gasteiger partial charge in [0, 0.05) is 5.57 Å². The molecule has 0 atom stereocenters. The molecule has 0 aromatic heterocycles. The van der Waals surface area contributed by atoms with Gasteiger partial charge in [0.25, 0.3) is 0 Å². The van der Waals surface area contributed by atoms with Gasteiger partial charge >= 0.3 is 5.97 Å². The van der Waals surface area contributed by atoms with Gasteiger partial charge in [-0.2, -0.15) is 0 Å². The Labute approximate surface area is 50.6 Å². The maximum absolute atomic E-state index is 10.6. The van der Waals surface area contributed by atoms with Crippen molar-refractivity contribution in [1.29, 1.82) is 0 Å². The largest absolute Gasteiger partial charge is 0.463 e. The van der Waals surface area contributed by atoms with Crippen molar-refractivity contribution in [2.75, 3.05) is 6.61 Å². The lowest BCUT2D eigenvalue weighted by molar-refractivity contribution is -0.138. The summed E-state index contributed by atoms with van der Waals surface area (Å²) in [5.74, 6) is -0.410. The Hall–Kier alpha value is -0.790. The SMILES string of the molecule is [2H]C=C(C)C(=O)OCC. The monoisotopic (exact) mass is 115 g/mol. The molecule has 2 heteroatoms. The fourth-order valence-corrected chi connectivity index (χ4v) is 0.245. The van der Waals surface area contributed by atoms with Crippen LogP contribution in [0.3, 0.4) is 0 Å². The molecule has 46 valence electrons. The molecular weight excluding hydrogens is 104 g/mol. The Morgan fingerprint density at radius 1 is 2.00 bits per heavy atom. The summed E-state index contributed by atoms with van der Waals surface area (Å²) in [6.07, 6.45) is 0. The lowest BCUT2D eigenvalue weighted by Crippen LogP contribution is -2.03. The van der Waals surface area contributed by atoms with Gasteiger partial charge in [-0.3, -0.25) is 0 Å². The van der Waals surface area contributed by atoms with Gasteiger partial charge in [-0.25, -0.2) is 4.79 Å². The predicted molar refractivity (Wildman–Crippen MR) is 31.4 cm³/mol. The zero-order valence-electron chi connectivity index (χ0n) is 6.10. The van der Waals surface area contributed by atoms with Crippen molar-refractivity contribution in [2.45, 2.75) is 13.8 Å². The van der Waals surface area contributed by atoms with Crippen molar-refractivity contribution in [3.8, 4) is 0 Å². The predicted octanol–water partition coefficient (Wildman–Crippen LogP) is 1.13. The molecule has 0 saturated heterocycles. The van der Waals surface area contributed by atoms with Crippen LogP contribution in [0, 0.1) is 0 Å². The molecule has 0 rings (SSSR count). The van der Waals surface area contributed by atoms with E-state index in [0.717, 1.165) is 6.55 Å². The summed E-state index contributed by atoms with van der Waals surface area (Å²) in [7, 11) is 0. The summed E-state index contributed by atoms with van der Waals surface area (Å²) >= 11 is 0. The van der Waals surface area contributed by atoms with Gasteiger partial charge in [0.1, 0.15) is 0 Å². The molecule has 0 aromatic rings. The quantitative estimate of drug-likeness (QED) is 0.398. The van der Waals surface area contributed by atoms with Gasteiger partial charge in [0.15, 0.2) is 0 Å². The molecule has 0 bridgehead atoms. The van der Waals surface area contributed by atoms with Crippen LogP contribution in [-0.2, 0) is 9.53 Å². The summed E-state index contributed by atoms with van der Waals surface area (Å²) < 4.78 is 11.2. The first kappa shape index (κ1) is 5.35. The third-order valence-corrected chi connectivity index (χ3v) is 0.597. The van der Waals surface area contributed by atoms with E-state index in [1.165, 1.54) is 0 Å². The maximum Gasteiger partial charge on any atom is 0.333 e. The van der Waals surface area contributed by atoms with Crippen LogP contribution in [0.4, 0.5) is 0 Å². The van der Waals surface area contributed by atoms with E-state index in [4.69, 9.17) is 1.37 Å². The fourth-order valence-electron chi connectivity index (χ4n) is 0.245. The highest BCUT2D eigenvalue weighted by molar-refractivity contribution is 5.86. The number of ether oxygens (including phenoxy) is 1. The van der Waals surface area contributed by atoms with Crippen LogP contribution in [0.2, 0.25) is 0 Å². The normalized spacial score (nSPS) is 12.8. The minimum atomic E-state index is -0.410. The zero-order valence-corrected chi connectivity index (χ0v) is 5.10. The van der Waals surface area contributed by atoms with Crippen LogP contribution in [0.1, 0.15) is 15.2 Å². The third kappa shape index (κ3) is 2.39. The highest BCUT2D eigenvalue weighted by Gasteiger charge is 1.98. The van der Waals surface area contributed by atoms with E-state index >= 15 is 0 Å². The van der Waals surface area contributed by atoms with E-state index in [1.54, 1.807) is 13.8 Å². The summed E-state index contributed by atoms with van der Waals surface area (Å²) in [6.45, 7) is 4.63. The second-order valence-corrected chi connectivity index (χ2v) is 1.40. The van der Waals surface area contributed by atoms with Gasteiger partial charge in [-0.1, -0.05) is 6.55 Å². The molecule has 0 heterocycles. The second-order valence-electron chi connectivity index (χ2n) is 1.40. The van der Waals surface area contributed by atoms with Crippen LogP contribution in [0.25, 0.3) is 0 Å². The lowest BCUT2D eigenvalue weighted by atomic mass is 10.4. The topological polar surface area (TPSA) is 26.3 Å². The molecule has 0 aromatic carbocycles. The molecule has 0 radical (unpaired) electrons. The average molecular weight is 115 g/mol. The van der Waals surface area contributed by atoms with Crippen LogP contribution < -0.4 is 0 Å². The minimum Gasteiger partial charge on any atom is -0.463 e. The highest BCUT2D eigenvalue weighted by Crippen LogP contribution is 1.89. The van der Waals surface area contributed by atoms with E-state index in [9.17, 15) is 4.79 Å². The number of hydrogen-bond acceptors (Lipinski definition) is 2. The van der Waals surface area contributed by atoms with Crippen molar-refractivity contribution in [3.63, 3.8) is 0 Å². The first-order valence-electron chi connectivity index (χ1n) is 3.02. The molecule has 0 fully saturated rings. The van der Waals surface area contributed by atoms with Crippen LogP contribution in [0.5, 0.6) is 0 Å². The number of carbonyl (C=O) groups is 1. The molecule has 0 spiro atoms. The molecule has 0 aliphatic rings. The Bertz CT molecular complexity index is 129. The Morgan fingerprint density at radius 2 is 2.62 bits per heavy atom. The van der Waals surface area contributed by atoms with Crippen molar-refractivity contribution in [1.82, 2.24) is 0 Å². The minimum absolute atomic E-state index is 0.330. The number of rotatable bonds is 2. The third-order valence-electron chi connectivity index (χ3n) is 0.597. The molecule has 0 saturated carbocycles. The molecule has 0 aliphatic carbocycles. The van der Waals surface area contributed by atoms with Crippen molar-refractivity contribution < 1.29 is 10.9 Å². The molecule has 0 aliphatic heterocycles. The number of carbonyl (C=O) groups excluding carboxylic acids is 1. The Kier molecular flexibility index (Phi) is 2.17. The van der Waals surface area contributed by atoms with Gasteiger partial charge in [-0.05, 0) is 13.8 Å². The van der Waals surface area contributed by atoms with E-state index in [-0.39, 0.29) is 0 Å². The molecule has 2 nitrogen and oxygen atoms in total. The lowest BCUT2D eigenvalue weighted by Gasteiger charge is -1.96. The number of esters is 1. The average Bonchev–Trinajstić information content (AvgIpc) is 1.87. The van der Waals surface area contributed by atoms with E-state index in [1.807, 2.05) is 0 Å². The van der Waals surface area contributed by atoms with Crippen molar-refractivity contribution in [2.24, 2.45) is 0 Å². The van der Waals surface area contributed by atoms with E-state index in [0.29, 0.717) is 12.2 Å². The van der Waals surface area contributed by atoms with Gasteiger partial charge in [0.2, 0.25) is 0 Å². The van der Waals surface area contributed by atoms with E-state index in [2.05, 4.69) is 4.74 Å². The van der Waals surface area contributed by atoms with Crippen molar-refractivity contribution >= 4 is 5.97 Å². The summed E-state index contributed by atoms with van der Waals surface area (Å²) in [5, 5.41) is 0. The van der Waals surface area contributed by atoms with Crippen LogP contribution in [-0.4, -0.2) is 12.6 Å². The smallest absolute Gasteiger partial charge is 0.333 e. The zero-order chi connectivity index (χ0) is 7.28. The molecule has 0 unspecified atom stereocenters. The second kappa shape index (κ2) is 3.24. The summed E-state index contributed by atoms with van der Waals surface area (Å²) in [4.78, 5) is 10.6. The maximum atomic E-state index is 10.6. The van der Waals surface area contributed by atoms with E-state index < -0.39 is 5.97 Å².